The van der Waals surface area contributed by atoms with Crippen LogP contribution >= 0.6 is 17.0 Å². The Bertz CT molecular complexity index is 669. The van der Waals surface area contributed by atoms with Crippen LogP contribution in [0.3, 0.4) is 0 Å². The van der Waals surface area contributed by atoms with E-state index in [9.17, 15) is 0 Å². The van der Waals surface area contributed by atoms with Crippen molar-refractivity contribution in [1.82, 2.24) is 0 Å². The van der Waals surface area contributed by atoms with Crippen LogP contribution in [0, 0.1) is 0 Å². The topological polar surface area (TPSA) is 0 Å². The summed E-state index contributed by atoms with van der Waals surface area (Å²) >= 11 is -0.826. The number of halogens is 2. The van der Waals surface area contributed by atoms with E-state index in [-0.39, 0.29) is 0 Å². The van der Waals surface area contributed by atoms with Gasteiger partial charge in [-0.25, -0.2) is 12.1 Å². The summed E-state index contributed by atoms with van der Waals surface area (Å²) in [5.41, 5.74) is 6.62. The van der Waals surface area contributed by atoms with Crippen molar-refractivity contribution in [2.24, 2.45) is 0 Å². The second-order valence-electron chi connectivity index (χ2n) is 11.2. The third kappa shape index (κ3) is 10.6. The van der Waals surface area contributed by atoms with Crippen LogP contribution in [0.5, 0.6) is 0 Å². The molecule has 0 saturated heterocycles. The van der Waals surface area contributed by atoms with Gasteiger partial charge in [-0.3, -0.25) is 0 Å². The molecule has 4 rings (SSSR count). The first-order valence-electron chi connectivity index (χ1n) is 12.3. The van der Waals surface area contributed by atoms with Gasteiger partial charge in [0.25, 0.3) is 0 Å². The van der Waals surface area contributed by atoms with E-state index >= 15 is 0 Å². The molecule has 179 valence electrons. The van der Waals surface area contributed by atoms with Crippen molar-refractivity contribution in [1.29, 1.82) is 0 Å². The molecule has 0 fully saturated rings. The van der Waals surface area contributed by atoms with Crippen molar-refractivity contribution >= 4 is 53.1 Å². The molecule has 2 aromatic carbocycles. The van der Waals surface area contributed by atoms with E-state index in [4.69, 9.17) is 17.0 Å². The van der Waals surface area contributed by atoms with Gasteiger partial charge in [-0.2, -0.15) is 44.8 Å². The summed E-state index contributed by atoms with van der Waals surface area (Å²) in [5, 5.41) is 3.33. The molecule has 0 amide bonds. The number of hydrogen-bond acceptors (Lipinski definition) is 0. The van der Waals surface area contributed by atoms with Crippen molar-refractivity contribution in [3.8, 4) is 0 Å². The molecule has 0 unspecified atom stereocenters. The molecule has 0 N–H and O–H groups in total. The fourth-order valence-corrected chi connectivity index (χ4v) is 6.69. The third-order valence-corrected chi connectivity index (χ3v) is 10.2. The van der Waals surface area contributed by atoms with Crippen molar-refractivity contribution < 1.29 is 20.8 Å². The van der Waals surface area contributed by atoms with E-state index in [2.05, 4.69) is 76.6 Å². The van der Waals surface area contributed by atoms with Crippen LogP contribution < -0.4 is 10.4 Å². The van der Waals surface area contributed by atoms with Gasteiger partial charge in [0.05, 0.1) is 16.1 Å². The van der Waals surface area contributed by atoms with Gasteiger partial charge in [0.15, 0.2) is 0 Å². The van der Waals surface area contributed by atoms with Gasteiger partial charge in [-0.1, -0.05) is 104 Å². The third-order valence-electron chi connectivity index (χ3n) is 6.16. The number of hydrogen-bond donors (Lipinski definition) is 0. The van der Waals surface area contributed by atoms with Crippen molar-refractivity contribution in [3.05, 3.63) is 46.5 Å². The fourth-order valence-electron chi connectivity index (χ4n) is 4.26. The van der Waals surface area contributed by atoms with E-state index in [1.165, 1.54) is 51.4 Å². The fraction of sp³-hybridized carbons (Fsp3) is 0.615. The van der Waals surface area contributed by atoms with Gasteiger partial charge in [0.2, 0.25) is 0 Å². The molecule has 2 aliphatic rings. The first-order valence-corrected chi connectivity index (χ1v) is 27.9. The maximum absolute atomic E-state index is 4.93. The quantitative estimate of drug-likeness (QED) is 0.246. The van der Waals surface area contributed by atoms with E-state index in [0.717, 1.165) is 9.52 Å². The molecule has 0 saturated carbocycles. The predicted octanol–water partition coefficient (Wildman–Crippen LogP) is 7.55. The first-order chi connectivity index (χ1) is 15.0. The molecule has 0 bridgehead atoms. The number of rotatable bonds is 2. The van der Waals surface area contributed by atoms with Crippen LogP contribution in [0.4, 0.5) is 0 Å². The summed E-state index contributed by atoms with van der Waals surface area (Å²) < 4.78 is 0. The molecule has 2 aliphatic carbocycles. The summed E-state index contributed by atoms with van der Waals surface area (Å²) in [5.74, 6) is 0. The summed E-state index contributed by atoms with van der Waals surface area (Å²) in [6, 6.07) is 9.95. The predicted molar refractivity (Wildman–Crippen MR) is 154 cm³/mol. The molecule has 6 heteroatoms. The Morgan fingerprint density at radius 2 is 0.969 bits per heavy atom. The van der Waals surface area contributed by atoms with E-state index < -0.39 is 37.0 Å². The Balaban J connectivity index is 0.000000258. The summed E-state index contributed by atoms with van der Waals surface area (Å²) in [4.78, 5) is 0. The average Bonchev–Trinajstić information content (AvgIpc) is 3.34. The number of aryl methyl sites for hydroxylation is 4. The molecule has 1 radical (unpaired) electrons. The first kappa shape index (κ1) is 30.8. The second-order valence-corrected chi connectivity index (χ2v) is 26.2. The minimum absolute atomic E-state index is 0.750. The van der Waals surface area contributed by atoms with Gasteiger partial charge < -0.3 is 0 Å². The molecule has 0 aromatic heterocycles. The average molecular weight is 604 g/mol. The Kier molecular flexibility index (Phi) is 14.5. The van der Waals surface area contributed by atoms with Gasteiger partial charge in [0, 0.05) is 9.52 Å². The molecule has 2 aromatic rings. The van der Waals surface area contributed by atoms with E-state index in [0.29, 0.717) is 0 Å². The van der Waals surface area contributed by atoms with Gasteiger partial charge in [-0.05, 0) is 0 Å². The molecule has 0 spiro atoms. The molecular weight excluding hydrogens is 559 g/mol. The van der Waals surface area contributed by atoms with Crippen molar-refractivity contribution in [2.45, 2.75) is 104 Å². The van der Waals surface area contributed by atoms with Gasteiger partial charge >= 0.3 is 37.9 Å². The summed E-state index contributed by atoms with van der Waals surface area (Å²) in [6.45, 7) is 19.0. The Morgan fingerprint density at radius 1 is 0.688 bits per heavy atom. The second kappa shape index (κ2) is 15.0. The Hall–Kier alpha value is 0.814. The van der Waals surface area contributed by atoms with Crippen LogP contribution in [0.15, 0.2) is 24.3 Å². The van der Waals surface area contributed by atoms with Crippen LogP contribution in [-0.2, 0) is 46.5 Å². The Labute approximate surface area is 222 Å². The van der Waals surface area contributed by atoms with Crippen LogP contribution in [0.1, 0.15) is 47.9 Å². The molecule has 0 aliphatic heterocycles. The zero-order valence-corrected chi connectivity index (χ0v) is 28.9. The van der Waals surface area contributed by atoms with Crippen molar-refractivity contribution in [2.75, 3.05) is 0 Å². The maximum atomic E-state index is 4.93. The van der Waals surface area contributed by atoms with E-state index in [1.54, 1.807) is 32.6 Å². The van der Waals surface area contributed by atoms with Crippen molar-refractivity contribution in [3.63, 3.8) is 0 Å². The number of fused-ring (bicyclic) bond motifs is 2. The molecule has 0 heterocycles. The zero-order valence-electron chi connectivity index (χ0n) is 21.8. The van der Waals surface area contributed by atoms with Gasteiger partial charge in [0.1, 0.15) is 0 Å². The molecule has 0 nitrogen and oxygen atoms in total. The van der Waals surface area contributed by atoms with E-state index in [1.807, 2.05) is 0 Å². The van der Waals surface area contributed by atoms with Crippen LogP contribution in [0.25, 0.3) is 0 Å². The van der Waals surface area contributed by atoms with Crippen LogP contribution in [-0.4, -0.2) is 25.7 Å². The van der Waals surface area contributed by atoms with Gasteiger partial charge in [-0.15, -0.1) is 0 Å². The summed E-state index contributed by atoms with van der Waals surface area (Å²) in [6.07, 6.45) is 11.0. The zero-order chi connectivity index (χ0) is 24.4. The molecule has 32 heavy (non-hydrogen) atoms. The monoisotopic (exact) mass is 601 g/mol. The summed E-state index contributed by atoms with van der Waals surface area (Å²) in [7, 11) is 8.52. The Morgan fingerprint density at radius 3 is 1.22 bits per heavy atom. The standard InChI is InChI=1S/2C12H19Si.C2H7Si.2ClH.Zr/c2*1-13(2,3)12-8-10-6-4-5-7-11(10)9-12;1-3-2;;;/h2*8-9H,4-7H2,1-3H3;3H,1-2H3;2*1H;/q2*-1;;;;+4/p-2. The normalized spacial score (nSPS) is 14.8. The SMILES string of the molecule is C[SiH]C.C[Si](C)(C)c1cc2c([cH-]1)CCCC2.C[Si](C)(C)c1cc2c([cH-]1)CCCC2.[Cl][Zr+2][Cl]. The van der Waals surface area contributed by atoms with Crippen LogP contribution in [0.2, 0.25) is 52.4 Å². The molecular formula is C26H45Cl2Si3Zr. The minimum atomic E-state index is -1.05. The molecule has 0 atom stereocenters.